The van der Waals surface area contributed by atoms with Crippen LogP contribution in [0.15, 0.2) is 42.6 Å². The number of aromatic nitrogens is 1. The second-order valence-corrected chi connectivity index (χ2v) is 8.12. The zero-order valence-corrected chi connectivity index (χ0v) is 17.1. The maximum absolute atomic E-state index is 13.4. The van der Waals surface area contributed by atoms with Crippen molar-refractivity contribution in [2.24, 2.45) is 0 Å². The first-order valence-electron chi connectivity index (χ1n) is 9.58. The van der Waals surface area contributed by atoms with Crippen molar-refractivity contribution in [3.8, 4) is 0 Å². The van der Waals surface area contributed by atoms with Gasteiger partial charge in [0.2, 0.25) is 5.91 Å². The van der Waals surface area contributed by atoms with Crippen LogP contribution in [0, 0.1) is 11.6 Å². The molecule has 2 amide bonds. The summed E-state index contributed by atoms with van der Waals surface area (Å²) in [5, 5.41) is 3.21. The van der Waals surface area contributed by atoms with E-state index in [1.54, 1.807) is 23.2 Å². The molecule has 0 atom stereocenters. The van der Waals surface area contributed by atoms with Gasteiger partial charge in [-0.1, -0.05) is 13.0 Å². The molecule has 0 spiro atoms. The summed E-state index contributed by atoms with van der Waals surface area (Å²) in [6.07, 6.45) is 3.17. The number of fused-ring (bicyclic) bond motifs is 1. The van der Waals surface area contributed by atoms with Gasteiger partial charge in [-0.2, -0.15) is 0 Å². The number of anilines is 2. The summed E-state index contributed by atoms with van der Waals surface area (Å²) >= 11 is 1.28. The molecule has 0 fully saturated rings. The van der Waals surface area contributed by atoms with Crippen molar-refractivity contribution in [3.63, 3.8) is 0 Å². The fourth-order valence-electron chi connectivity index (χ4n) is 3.46. The summed E-state index contributed by atoms with van der Waals surface area (Å²) in [4.78, 5) is 31.4. The number of rotatable bonds is 5. The molecule has 0 bridgehead atoms. The van der Waals surface area contributed by atoms with E-state index in [1.165, 1.54) is 17.4 Å². The first-order chi connectivity index (χ1) is 14.4. The van der Waals surface area contributed by atoms with Gasteiger partial charge in [0.05, 0.1) is 0 Å². The van der Waals surface area contributed by atoms with Gasteiger partial charge in [0.25, 0.3) is 5.91 Å². The number of hydrogen-bond acceptors (Lipinski definition) is 4. The van der Waals surface area contributed by atoms with Crippen molar-refractivity contribution >= 4 is 34.0 Å². The van der Waals surface area contributed by atoms with Gasteiger partial charge in [0.15, 0.2) is 16.8 Å². The summed E-state index contributed by atoms with van der Waals surface area (Å²) < 4.78 is 26.4. The predicted molar refractivity (Wildman–Crippen MR) is 112 cm³/mol. The highest BCUT2D eigenvalue weighted by atomic mass is 32.1. The Labute approximate surface area is 176 Å². The Morgan fingerprint density at radius 2 is 2.00 bits per heavy atom. The third-order valence-corrected chi connectivity index (χ3v) is 5.89. The predicted octanol–water partition coefficient (Wildman–Crippen LogP) is 4.56. The minimum atomic E-state index is -0.888. The number of nitrogens with one attached hydrogen (secondary N) is 1. The number of hydrogen-bond donors (Lipinski definition) is 1. The van der Waals surface area contributed by atoms with E-state index in [9.17, 15) is 18.4 Å². The molecule has 2 aromatic carbocycles. The SMILES string of the molecule is CCC(=O)N1CCc2cc(C(=O)Nc3ncc(Cc4ccc(F)c(F)c4)s3)ccc21. The van der Waals surface area contributed by atoms with Gasteiger partial charge in [-0.3, -0.25) is 14.9 Å². The van der Waals surface area contributed by atoms with Crippen LogP contribution < -0.4 is 10.2 Å². The molecule has 0 unspecified atom stereocenters. The third kappa shape index (κ3) is 4.09. The van der Waals surface area contributed by atoms with E-state index >= 15 is 0 Å². The average molecular weight is 427 g/mol. The van der Waals surface area contributed by atoms with E-state index in [0.29, 0.717) is 35.6 Å². The lowest BCUT2D eigenvalue weighted by atomic mass is 10.1. The quantitative estimate of drug-likeness (QED) is 0.649. The molecular formula is C22H19F2N3O2S. The van der Waals surface area contributed by atoms with Crippen molar-refractivity contribution in [3.05, 3.63) is 75.8 Å². The monoisotopic (exact) mass is 427 g/mol. The highest BCUT2D eigenvalue weighted by Crippen LogP contribution is 2.30. The van der Waals surface area contributed by atoms with Gasteiger partial charge in [-0.25, -0.2) is 13.8 Å². The van der Waals surface area contributed by atoms with E-state index < -0.39 is 11.6 Å². The van der Waals surface area contributed by atoms with Crippen LogP contribution in [-0.4, -0.2) is 23.3 Å². The van der Waals surface area contributed by atoms with Crippen molar-refractivity contribution in [2.45, 2.75) is 26.2 Å². The molecule has 0 radical (unpaired) electrons. The summed E-state index contributed by atoms with van der Waals surface area (Å²) in [5.41, 5.74) is 2.96. The Morgan fingerprint density at radius 3 is 2.77 bits per heavy atom. The largest absolute Gasteiger partial charge is 0.312 e. The Bertz CT molecular complexity index is 1130. The maximum atomic E-state index is 13.4. The number of thiazole rings is 1. The molecule has 30 heavy (non-hydrogen) atoms. The lowest BCUT2D eigenvalue weighted by molar-refractivity contribution is -0.118. The fraction of sp³-hybridized carbons (Fsp3) is 0.227. The zero-order chi connectivity index (χ0) is 21.3. The van der Waals surface area contributed by atoms with Crippen LogP contribution in [-0.2, 0) is 17.6 Å². The molecule has 4 rings (SSSR count). The minimum Gasteiger partial charge on any atom is -0.312 e. The van der Waals surface area contributed by atoms with Crippen molar-refractivity contribution in [2.75, 3.05) is 16.8 Å². The lowest BCUT2D eigenvalue weighted by Gasteiger charge is -2.16. The molecule has 2 heterocycles. The van der Waals surface area contributed by atoms with Gasteiger partial charge in [-0.05, 0) is 47.9 Å². The fourth-order valence-corrected chi connectivity index (χ4v) is 4.30. The summed E-state index contributed by atoms with van der Waals surface area (Å²) in [6.45, 7) is 2.46. The molecule has 1 aromatic heterocycles. The zero-order valence-electron chi connectivity index (χ0n) is 16.2. The molecule has 0 saturated carbocycles. The van der Waals surface area contributed by atoms with E-state index in [1.807, 2.05) is 13.0 Å². The number of halogens is 2. The smallest absolute Gasteiger partial charge is 0.257 e. The van der Waals surface area contributed by atoms with Gasteiger partial charge < -0.3 is 4.90 Å². The Morgan fingerprint density at radius 1 is 1.17 bits per heavy atom. The number of carbonyl (C=O) groups is 2. The molecule has 1 aliphatic heterocycles. The second-order valence-electron chi connectivity index (χ2n) is 7.00. The van der Waals surface area contributed by atoms with Crippen LogP contribution in [0.1, 0.15) is 39.7 Å². The summed E-state index contributed by atoms with van der Waals surface area (Å²) in [7, 11) is 0. The van der Waals surface area contributed by atoms with Crippen LogP contribution in [0.2, 0.25) is 0 Å². The van der Waals surface area contributed by atoms with Crippen LogP contribution in [0.4, 0.5) is 19.6 Å². The molecular weight excluding hydrogens is 408 g/mol. The van der Waals surface area contributed by atoms with Crippen molar-refractivity contribution in [1.29, 1.82) is 0 Å². The molecule has 0 aliphatic carbocycles. The summed E-state index contributed by atoms with van der Waals surface area (Å²) in [6, 6.07) is 9.09. The van der Waals surface area contributed by atoms with E-state index in [-0.39, 0.29) is 11.8 Å². The topological polar surface area (TPSA) is 62.3 Å². The standard InChI is InChI=1S/C22H19F2N3O2S/c1-2-20(28)27-8-7-14-11-15(4-6-19(14)27)21(29)26-22-25-12-16(30-22)9-13-3-5-17(23)18(24)10-13/h3-6,10-12H,2,7-9H2,1H3,(H,25,26,29). The Hall–Kier alpha value is -3.13. The van der Waals surface area contributed by atoms with E-state index in [4.69, 9.17) is 0 Å². The molecule has 1 aliphatic rings. The number of amides is 2. The van der Waals surface area contributed by atoms with E-state index in [0.717, 1.165) is 34.7 Å². The third-order valence-electron chi connectivity index (χ3n) is 4.98. The first-order valence-corrected chi connectivity index (χ1v) is 10.4. The van der Waals surface area contributed by atoms with Crippen LogP contribution in [0.3, 0.4) is 0 Å². The Balaban J connectivity index is 1.43. The van der Waals surface area contributed by atoms with Gasteiger partial charge in [-0.15, -0.1) is 11.3 Å². The molecule has 3 aromatic rings. The van der Waals surface area contributed by atoms with Crippen LogP contribution in [0.25, 0.3) is 0 Å². The second kappa shape index (κ2) is 8.31. The molecule has 154 valence electrons. The number of carbonyl (C=O) groups excluding carboxylic acids is 2. The lowest BCUT2D eigenvalue weighted by Crippen LogP contribution is -2.27. The number of benzene rings is 2. The van der Waals surface area contributed by atoms with Gasteiger partial charge in [0.1, 0.15) is 0 Å². The van der Waals surface area contributed by atoms with E-state index in [2.05, 4.69) is 10.3 Å². The van der Waals surface area contributed by atoms with Gasteiger partial charge in [0, 0.05) is 41.7 Å². The average Bonchev–Trinajstić information content (AvgIpc) is 3.36. The molecule has 5 nitrogen and oxygen atoms in total. The Kier molecular flexibility index (Phi) is 5.59. The highest BCUT2D eigenvalue weighted by molar-refractivity contribution is 7.15. The molecule has 1 N–H and O–H groups in total. The van der Waals surface area contributed by atoms with Gasteiger partial charge >= 0.3 is 0 Å². The molecule has 0 saturated heterocycles. The first kappa shape index (κ1) is 20.2. The van der Waals surface area contributed by atoms with Crippen molar-refractivity contribution < 1.29 is 18.4 Å². The number of nitrogens with zero attached hydrogens (tertiary/aromatic N) is 2. The maximum Gasteiger partial charge on any atom is 0.257 e. The summed E-state index contributed by atoms with van der Waals surface area (Å²) in [5.74, 6) is -1.98. The van der Waals surface area contributed by atoms with Crippen LogP contribution in [0.5, 0.6) is 0 Å². The van der Waals surface area contributed by atoms with Crippen LogP contribution >= 0.6 is 11.3 Å². The highest BCUT2D eigenvalue weighted by Gasteiger charge is 2.24. The molecule has 8 heteroatoms. The van der Waals surface area contributed by atoms with Crippen molar-refractivity contribution in [1.82, 2.24) is 4.98 Å². The minimum absolute atomic E-state index is 0.0716. The normalized spacial score (nSPS) is 12.7.